The highest BCUT2D eigenvalue weighted by atomic mass is 35.5. The van der Waals surface area contributed by atoms with Gasteiger partial charge in [0, 0.05) is 31.4 Å². The summed E-state index contributed by atoms with van der Waals surface area (Å²) >= 11 is 0. The van der Waals surface area contributed by atoms with Gasteiger partial charge in [-0.25, -0.2) is 0 Å². The van der Waals surface area contributed by atoms with E-state index in [2.05, 4.69) is 10.4 Å². The van der Waals surface area contributed by atoms with Gasteiger partial charge in [0.15, 0.2) is 0 Å². The Hall–Kier alpha value is -1.07. The van der Waals surface area contributed by atoms with Crippen LogP contribution < -0.4 is 11.1 Å². The van der Waals surface area contributed by atoms with E-state index in [1.54, 1.807) is 0 Å². The average molecular weight is 301 g/mol. The molecule has 3 N–H and O–H groups in total. The fourth-order valence-electron chi connectivity index (χ4n) is 3.01. The van der Waals surface area contributed by atoms with E-state index in [1.165, 1.54) is 0 Å². The molecule has 1 saturated carbocycles. The van der Waals surface area contributed by atoms with Crippen molar-refractivity contribution in [1.29, 1.82) is 0 Å². The molecular weight excluding hydrogens is 276 g/mol. The van der Waals surface area contributed by atoms with Crippen LogP contribution in [0.5, 0.6) is 0 Å². The number of aromatic nitrogens is 2. The van der Waals surface area contributed by atoms with Crippen LogP contribution in [0.2, 0.25) is 0 Å². The summed E-state index contributed by atoms with van der Waals surface area (Å²) in [6, 6.07) is 0. The highest BCUT2D eigenvalue weighted by Gasteiger charge is 2.39. The first kappa shape index (κ1) is 17.0. The summed E-state index contributed by atoms with van der Waals surface area (Å²) in [7, 11) is 1.92. The van der Waals surface area contributed by atoms with Crippen LogP contribution in [-0.4, -0.2) is 22.2 Å². The van der Waals surface area contributed by atoms with Gasteiger partial charge in [0.1, 0.15) is 0 Å². The second-order valence-corrected chi connectivity index (χ2v) is 5.65. The van der Waals surface area contributed by atoms with Gasteiger partial charge in [-0.15, -0.1) is 12.4 Å². The molecule has 1 aliphatic rings. The number of nitrogens with one attached hydrogen (secondary N) is 1. The number of hydrogen-bond acceptors (Lipinski definition) is 3. The van der Waals surface area contributed by atoms with Gasteiger partial charge >= 0.3 is 0 Å². The van der Waals surface area contributed by atoms with Gasteiger partial charge in [0.2, 0.25) is 5.91 Å². The van der Waals surface area contributed by atoms with Gasteiger partial charge in [0.25, 0.3) is 0 Å². The first-order valence-electron chi connectivity index (χ1n) is 6.97. The van der Waals surface area contributed by atoms with Crippen LogP contribution in [0.4, 0.5) is 0 Å². The Morgan fingerprint density at radius 2 is 2.00 bits per heavy atom. The minimum Gasteiger partial charge on any atom is -0.351 e. The molecule has 1 heterocycles. The number of nitrogens with zero attached hydrogens (tertiary/aromatic N) is 2. The highest BCUT2D eigenvalue weighted by Crippen LogP contribution is 2.37. The zero-order chi connectivity index (χ0) is 14.0. The summed E-state index contributed by atoms with van der Waals surface area (Å²) in [6.07, 6.45) is 4.05. The normalized spacial score (nSPS) is 16.8. The fourth-order valence-corrected chi connectivity index (χ4v) is 3.01. The first-order chi connectivity index (χ1) is 9.00. The lowest BCUT2D eigenvalue weighted by atomic mass is 9.85. The minimum absolute atomic E-state index is 0. The molecule has 5 nitrogen and oxygen atoms in total. The van der Waals surface area contributed by atoms with Crippen LogP contribution in [0.1, 0.15) is 42.6 Å². The molecule has 0 atom stereocenters. The average Bonchev–Trinajstić information content (AvgIpc) is 2.95. The predicted octanol–water partition coefficient (Wildman–Crippen LogP) is 1.59. The SMILES string of the molecule is Cc1nn(C)c(C)c1CNC(=O)C1(CN)CCCC1.Cl. The van der Waals surface area contributed by atoms with Gasteiger partial charge < -0.3 is 11.1 Å². The Morgan fingerprint density at radius 3 is 2.45 bits per heavy atom. The summed E-state index contributed by atoms with van der Waals surface area (Å²) in [5, 5.41) is 7.42. The Bertz CT molecular complexity index is 478. The maximum atomic E-state index is 12.4. The van der Waals surface area contributed by atoms with Crippen molar-refractivity contribution in [2.45, 2.75) is 46.1 Å². The number of rotatable bonds is 4. The molecule has 0 bridgehead atoms. The van der Waals surface area contributed by atoms with Crippen LogP contribution in [0.15, 0.2) is 0 Å². The predicted molar refractivity (Wildman–Crippen MR) is 81.7 cm³/mol. The largest absolute Gasteiger partial charge is 0.351 e. The number of amides is 1. The van der Waals surface area contributed by atoms with E-state index in [1.807, 2.05) is 25.6 Å². The van der Waals surface area contributed by atoms with Crippen LogP contribution in [0.3, 0.4) is 0 Å². The van der Waals surface area contributed by atoms with Crippen LogP contribution in [0.25, 0.3) is 0 Å². The second-order valence-electron chi connectivity index (χ2n) is 5.65. The van der Waals surface area contributed by atoms with Crippen LogP contribution in [0, 0.1) is 19.3 Å². The van der Waals surface area contributed by atoms with Crippen LogP contribution >= 0.6 is 12.4 Å². The van der Waals surface area contributed by atoms with Crippen molar-refractivity contribution in [2.75, 3.05) is 6.54 Å². The monoisotopic (exact) mass is 300 g/mol. The lowest BCUT2D eigenvalue weighted by Gasteiger charge is -2.25. The Morgan fingerprint density at radius 1 is 1.40 bits per heavy atom. The molecule has 2 rings (SSSR count). The number of hydrogen-bond donors (Lipinski definition) is 2. The molecule has 6 heteroatoms. The van der Waals surface area contributed by atoms with Gasteiger partial charge in [-0.1, -0.05) is 12.8 Å². The molecule has 0 aromatic carbocycles. The molecule has 114 valence electrons. The maximum Gasteiger partial charge on any atom is 0.227 e. The first-order valence-corrected chi connectivity index (χ1v) is 6.97. The van der Waals surface area contributed by atoms with Crippen LogP contribution in [-0.2, 0) is 18.4 Å². The zero-order valence-corrected chi connectivity index (χ0v) is 13.3. The summed E-state index contributed by atoms with van der Waals surface area (Å²) in [4.78, 5) is 12.4. The van der Waals surface area contributed by atoms with Gasteiger partial charge in [-0.3, -0.25) is 9.48 Å². The van der Waals surface area contributed by atoms with E-state index in [-0.39, 0.29) is 23.7 Å². The number of nitrogens with two attached hydrogens (primary N) is 1. The molecular formula is C14H25ClN4O. The van der Waals surface area contributed by atoms with Crippen molar-refractivity contribution in [3.63, 3.8) is 0 Å². The molecule has 1 aliphatic carbocycles. The van der Waals surface area contributed by atoms with Crippen molar-refractivity contribution in [2.24, 2.45) is 18.2 Å². The molecule has 1 aromatic rings. The van der Waals surface area contributed by atoms with Gasteiger partial charge in [-0.05, 0) is 26.7 Å². The molecule has 0 spiro atoms. The lowest BCUT2D eigenvalue weighted by Crippen LogP contribution is -2.43. The van der Waals surface area contributed by atoms with Crippen molar-refractivity contribution in [1.82, 2.24) is 15.1 Å². The topological polar surface area (TPSA) is 72.9 Å². The second kappa shape index (κ2) is 6.59. The van der Waals surface area contributed by atoms with Crippen molar-refractivity contribution >= 4 is 18.3 Å². The van der Waals surface area contributed by atoms with E-state index < -0.39 is 0 Å². The molecule has 0 aliphatic heterocycles. The zero-order valence-electron chi connectivity index (χ0n) is 12.5. The third kappa shape index (κ3) is 2.99. The summed E-state index contributed by atoms with van der Waals surface area (Å²) in [5.41, 5.74) is 8.69. The van der Waals surface area contributed by atoms with E-state index in [9.17, 15) is 4.79 Å². The maximum absolute atomic E-state index is 12.4. The highest BCUT2D eigenvalue weighted by molar-refractivity contribution is 5.85. The summed E-state index contributed by atoms with van der Waals surface area (Å²) in [5.74, 6) is 0.107. The lowest BCUT2D eigenvalue weighted by molar-refractivity contribution is -0.130. The number of halogens is 1. The summed E-state index contributed by atoms with van der Waals surface area (Å²) in [6.45, 7) is 4.99. The standard InChI is InChI=1S/C14H24N4O.ClH/c1-10-12(11(2)18(3)17-10)8-16-13(19)14(9-15)6-4-5-7-14;/h4-9,15H2,1-3H3,(H,16,19);1H. The van der Waals surface area contributed by atoms with Gasteiger partial charge in [-0.2, -0.15) is 5.10 Å². The molecule has 0 saturated heterocycles. The molecule has 0 unspecified atom stereocenters. The Kier molecular flexibility index (Phi) is 5.59. The van der Waals surface area contributed by atoms with Crippen molar-refractivity contribution in [3.05, 3.63) is 17.0 Å². The summed E-state index contributed by atoms with van der Waals surface area (Å²) < 4.78 is 1.85. The molecule has 1 fully saturated rings. The van der Waals surface area contributed by atoms with Crippen molar-refractivity contribution in [3.8, 4) is 0 Å². The third-order valence-corrected chi connectivity index (χ3v) is 4.52. The number of carbonyl (C=O) groups is 1. The molecule has 0 radical (unpaired) electrons. The van der Waals surface area contributed by atoms with E-state index in [0.717, 1.165) is 42.6 Å². The Labute approximate surface area is 126 Å². The minimum atomic E-state index is -0.329. The number of carbonyl (C=O) groups excluding carboxylic acids is 1. The quantitative estimate of drug-likeness (QED) is 0.887. The van der Waals surface area contributed by atoms with E-state index in [0.29, 0.717) is 13.1 Å². The van der Waals surface area contributed by atoms with Crippen molar-refractivity contribution < 1.29 is 4.79 Å². The van der Waals surface area contributed by atoms with Gasteiger partial charge in [0.05, 0.1) is 11.1 Å². The smallest absolute Gasteiger partial charge is 0.227 e. The molecule has 20 heavy (non-hydrogen) atoms. The molecule has 1 aromatic heterocycles. The molecule has 1 amide bonds. The number of aryl methyl sites for hydroxylation is 2. The third-order valence-electron chi connectivity index (χ3n) is 4.52. The fraction of sp³-hybridized carbons (Fsp3) is 0.714. The Balaban J connectivity index is 0.00000200. The van der Waals surface area contributed by atoms with E-state index in [4.69, 9.17) is 5.73 Å². The van der Waals surface area contributed by atoms with E-state index >= 15 is 0 Å².